The maximum atomic E-state index is 6.15. The molecule has 0 aromatic heterocycles. The summed E-state index contributed by atoms with van der Waals surface area (Å²) in [4.78, 5) is 0.981. The molecule has 1 aliphatic rings. The van der Waals surface area contributed by atoms with Gasteiger partial charge in [0.05, 0.1) is 10.0 Å². The van der Waals surface area contributed by atoms with Crippen molar-refractivity contribution >= 4 is 40.7 Å². The number of rotatable bonds is 3. The standard InChI is InChI=1S/C14H11Cl2NO2S/c15-10-5-9(17)1-2-13(10)20-6-8-3-11(16)14-12(4-8)18-7-19-14/h1-5H,6-7,17H2. The molecule has 2 aromatic rings. The number of thioether (sulfide) groups is 1. The molecular weight excluding hydrogens is 317 g/mol. The number of fused-ring (bicyclic) bond motifs is 1. The van der Waals surface area contributed by atoms with Crippen molar-refractivity contribution in [3.05, 3.63) is 45.9 Å². The van der Waals surface area contributed by atoms with Crippen molar-refractivity contribution in [2.24, 2.45) is 0 Å². The van der Waals surface area contributed by atoms with Gasteiger partial charge in [-0.2, -0.15) is 0 Å². The van der Waals surface area contributed by atoms with Crippen LogP contribution in [0.2, 0.25) is 10.0 Å². The van der Waals surface area contributed by atoms with Crippen molar-refractivity contribution in [1.29, 1.82) is 0 Å². The van der Waals surface area contributed by atoms with Crippen LogP contribution in [0.15, 0.2) is 35.2 Å². The first-order valence-corrected chi connectivity index (χ1v) is 7.63. The maximum absolute atomic E-state index is 6.15. The van der Waals surface area contributed by atoms with E-state index in [0.717, 1.165) is 16.2 Å². The monoisotopic (exact) mass is 327 g/mol. The Morgan fingerprint density at radius 1 is 1.10 bits per heavy atom. The summed E-state index contributed by atoms with van der Waals surface area (Å²) in [5, 5.41) is 1.22. The van der Waals surface area contributed by atoms with Gasteiger partial charge < -0.3 is 15.2 Å². The van der Waals surface area contributed by atoms with Crippen LogP contribution in [-0.4, -0.2) is 6.79 Å². The lowest BCUT2D eigenvalue weighted by atomic mass is 10.2. The lowest BCUT2D eigenvalue weighted by Crippen LogP contribution is -1.93. The molecule has 1 heterocycles. The topological polar surface area (TPSA) is 44.5 Å². The fourth-order valence-electron chi connectivity index (χ4n) is 1.90. The highest BCUT2D eigenvalue weighted by atomic mass is 35.5. The molecule has 0 amide bonds. The summed E-state index contributed by atoms with van der Waals surface area (Å²) < 4.78 is 10.6. The quantitative estimate of drug-likeness (QED) is 0.661. The molecular formula is C14H11Cl2NO2S. The lowest BCUT2D eigenvalue weighted by molar-refractivity contribution is 0.174. The number of halogens is 2. The van der Waals surface area contributed by atoms with Gasteiger partial charge in [0.15, 0.2) is 11.5 Å². The highest BCUT2D eigenvalue weighted by molar-refractivity contribution is 7.98. The van der Waals surface area contributed by atoms with Crippen LogP contribution in [0.1, 0.15) is 5.56 Å². The zero-order chi connectivity index (χ0) is 14.1. The molecule has 20 heavy (non-hydrogen) atoms. The van der Waals surface area contributed by atoms with Gasteiger partial charge in [-0.05, 0) is 35.9 Å². The molecule has 0 saturated heterocycles. The highest BCUT2D eigenvalue weighted by Gasteiger charge is 2.18. The van der Waals surface area contributed by atoms with E-state index in [-0.39, 0.29) is 6.79 Å². The molecule has 0 radical (unpaired) electrons. The van der Waals surface area contributed by atoms with Gasteiger partial charge in [0.2, 0.25) is 6.79 Å². The Morgan fingerprint density at radius 3 is 2.75 bits per heavy atom. The van der Waals surface area contributed by atoms with Crippen molar-refractivity contribution < 1.29 is 9.47 Å². The Labute approximate surface area is 131 Å². The fourth-order valence-corrected chi connectivity index (χ4v) is 3.39. The van der Waals surface area contributed by atoms with Crippen LogP contribution in [0.5, 0.6) is 11.5 Å². The van der Waals surface area contributed by atoms with Crippen LogP contribution < -0.4 is 15.2 Å². The fraction of sp³-hybridized carbons (Fsp3) is 0.143. The normalized spacial score (nSPS) is 12.7. The molecule has 0 bridgehead atoms. The van der Waals surface area contributed by atoms with E-state index in [1.807, 2.05) is 24.3 Å². The van der Waals surface area contributed by atoms with Gasteiger partial charge in [-0.15, -0.1) is 11.8 Å². The Hall–Kier alpha value is -1.23. The van der Waals surface area contributed by atoms with Crippen molar-refractivity contribution in [3.63, 3.8) is 0 Å². The lowest BCUT2D eigenvalue weighted by Gasteiger charge is -2.07. The number of nitrogen functional groups attached to an aromatic ring is 1. The largest absolute Gasteiger partial charge is 0.454 e. The summed E-state index contributed by atoms with van der Waals surface area (Å²) in [6, 6.07) is 9.31. The van der Waals surface area contributed by atoms with Gasteiger partial charge in [-0.1, -0.05) is 23.2 Å². The average Bonchev–Trinajstić information content (AvgIpc) is 2.86. The van der Waals surface area contributed by atoms with Crippen LogP contribution in [0.25, 0.3) is 0 Å². The second-order valence-corrected chi connectivity index (χ2v) is 6.12. The van der Waals surface area contributed by atoms with E-state index in [2.05, 4.69) is 0 Å². The van der Waals surface area contributed by atoms with Gasteiger partial charge >= 0.3 is 0 Å². The van der Waals surface area contributed by atoms with E-state index >= 15 is 0 Å². The minimum absolute atomic E-state index is 0.218. The zero-order valence-corrected chi connectivity index (χ0v) is 12.7. The third-order valence-electron chi connectivity index (χ3n) is 2.84. The Balaban J connectivity index is 1.77. The van der Waals surface area contributed by atoms with Gasteiger partial charge in [-0.25, -0.2) is 0 Å². The first-order chi connectivity index (χ1) is 9.63. The van der Waals surface area contributed by atoms with Crippen molar-refractivity contribution in [2.45, 2.75) is 10.6 Å². The van der Waals surface area contributed by atoms with E-state index in [4.69, 9.17) is 38.4 Å². The summed E-state index contributed by atoms with van der Waals surface area (Å²) in [7, 11) is 0. The van der Waals surface area contributed by atoms with E-state index in [1.165, 1.54) is 0 Å². The van der Waals surface area contributed by atoms with Crippen LogP contribution >= 0.6 is 35.0 Å². The number of anilines is 1. The van der Waals surface area contributed by atoms with E-state index < -0.39 is 0 Å². The third-order valence-corrected chi connectivity index (χ3v) is 4.69. The molecule has 6 heteroatoms. The van der Waals surface area contributed by atoms with Crippen molar-refractivity contribution in [2.75, 3.05) is 12.5 Å². The van der Waals surface area contributed by atoms with Gasteiger partial charge in [0, 0.05) is 16.3 Å². The molecule has 104 valence electrons. The van der Waals surface area contributed by atoms with E-state index in [9.17, 15) is 0 Å². The van der Waals surface area contributed by atoms with Crippen LogP contribution in [0.4, 0.5) is 5.69 Å². The molecule has 2 aromatic carbocycles. The van der Waals surface area contributed by atoms with Gasteiger partial charge in [0.1, 0.15) is 0 Å². The molecule has 0 atom stereocenters. The number of ether oxygens (including phenoxy) is 2. The second kappa shape index (κ2) is 5.64. The summed E-state index contributed by atoms with van der Waals surface area (Å²) in [6.45, 7) is 0.218. The SMILES string of the molecule is Nc1ccc(SCc2cc(Cl)c3c(c2)OCO3)c(Cl)c1. The van der Waals surface area contributed by atoms with Crippen LogP contribution in [0.3, 0.4) is 0 Å². The highest BCUT2D eigenvalue weighted by Crippen LogP contribution is 2.41. The number of nitrogens with two attached hydrogens (primary N) is 1. The number of hydrogen-bond donors (Lipinski definition) is 1. The molecule has 0 aliphatic carbocycles. The number of benzene rings is 2. The molecule has 1 aliphatic heterocycles. The van der Waals surface area contributed by atoms with Gasteiger partial charge in [-0.3, -0.25) is 0 Å². The Morgan fingerprint density at radius 2 is 1.95 bits per heavy atom. The summed E-state index contributed by atoms with van der Waals surface area (Å²) >= 11 is 13.9. The molecule has 0 unspecified atom stereocenters. The molecule has 0 fully saturated rings. The van der Waals surface area contributed by atoms with Gasteiger partial charge in [0.25, 0.3) is 0 Å². The molecule has 0 spiro atoms. The average molecular weight is 328 g/mol. The first kappa shape index (κ1) is 13.7. The van der Waals surface area contributed by atoms with Crippen LogP contribution in [-0.2, 0) is 5.75 Å². The van der Waals surface area contributed by atoms with E-state index in [1.54, 1.807) is 17.8 Å². The molecule has 2 N–H and O–H groups in total. The second-order valence-electron chi connectivity index (χ2n) is 4.29. The maximum Gasteiger partial charge on any atom is 0.231 e. The third kappa shape index (κ3) is 2.77. The van der Waals surface area contributed by atoms with E-state index in [0.29, 0.717) is 27.2 Å². The minimum atomic E-state index is 0.218. The van der Waals surface area contributed by atoms with Crippen LogP contribution in [0, 0.1) is 0 Å². The minimum Gasteiger partial charge on any atom is -0.454 e. The Kier molecular flexibility index (Phi) is 3.87. The molecule has 3 nitrogen and oxygen atoms in total. The van der Waals surface area contributed by atoms with Crippen molar-refractivity contribution in [3.8, 4) is 11.5 Å². The zero-order valence-electron chi connectivity index (χ0n) is 10.4. The van der Waals surface area contributed by atoms with Crippen molar-refractivity contribution in [1.82, 2.24) is 0 Å². The summed E-state index contributed by atoms with van der Waals surface area (Å²) in [5.74, 6) is 2.04. The summed E-state index contributed by atoms with van der Waals surface area (Å²) in [6.07, 6.45) is 0. The summed E-state index contributed by atoms with van der Waals surface area (Å²) in [5.41, 5.74) is 7.39. The number of hydrogen-bond acceptors (Lipinski definition) is 4. The first-order valence-electron chi connectivity index (χ1n) is 5.89. The predicted molar refractivity (Wildman–Crippen MR) is 83.0 cm³/mol. The smallest absolute Gasteiger partial charge is 0.231 e. The predicted octanol–water partition coefficient (Wildman–Crippen LogP) is 4.60. The molecule has 0 saturated carbocycles. The molecule has 3 rings (SSSR count). The Bertz CT molecular complexity index is 664.